The van der Waals surface area contributed by atoms with Crippen LogP contribution >= 0.6 is 23.6 Å². The summed E-state index contributed by atoms with van der Waals surface area (Å²) in [5.41, 5.74) is 1.91. The number of halogens is 1. The molecule has 0 unspecified atom stereocenters. The smallest absolute Gasteiger partial charge is 0.246 e. The molecule has 4 rings (SSSR count). The van der Waals surface area contributed by atoms with E-state index in [2.05, 4.69) is 20.5 Å². The molecule has 2 aromatic carbocycles. The van der Waals surface area contributed by atoms with Gasteiger partial charge >= 0.3 is 0 Å². The van der Waals surface area contributed by atoms with Gasteiger partial charge in [0, 0.05) is 16.5 Å². The molecule has 32 heavy (non-hydrogen) atoms. The first-order valence-electron chi connectivity index (χ1n) is 9.37. The average molecular weight is 472 g/mol. The van der Waals surface area contributed by atoms with Crippen molar-refractivity contribution in [2.45, 2.75) is 6.54 Å². The molecule has 2 N–H and O–H groups in total. The highest BCUT2D eigenvalue weighted by Gasteiger charge is 2.15. The number of carbonyl (C=O) groups is 1. The summed E-state index contributed by atoms with van der Waals surface area (Å²) < 4.78 is 26.0. The van der Waals surface area contributed by atoms with Crippen LogP contribution in [-0.4, -0.2) is 39.9 Å². The van der Waals surface area contributed by atoms with E-state index in [1.165, 1.54) is 30.6 Å². The Balaban J connectivity index is 1.49. The molecule has 4 aromatic rings. The second-order valence-electron chi connectivity index (χ2n) is 6.60. The van der Waals surface area contributed by atoms with Crippen molar-refractivity contribution in [3.8, 4) is 34.1 Å². The molecule has 2 heterocycles. The Morgan fingerprint density at radius 1 is 1.19 bits per heavy atom. The molecule has 0 aliphatic rings. The monoisotopic (exact) mass is 471 g/mol. The Labute approximate surface area is 191 Å². The maximum Gasteiger partial charge on any atom is 0.246 e. The summed E-state index contributed by atoms with van der Waals surface area (Å²) in [6, 6.07) is 11.8. The molecule has 0 radical (unpaired) electrons. The van der Waals surface area contributed by atoms with Gasteiger partial charge in [0.05, 0.1) is 19.9 Å². The van der Waals surface area contributed by atoms with Gasteiger partial charge in [-0.1, -0.05) is 0 Å². The minimum Gasteiger partial charge on any atom is -0.497 e. The van der Waals surface area contributed by atoms with E-state index in [0.29, 0.717) is 32.7 Å². The number of rotatable bonds is 7. The van der Waals surface area contributed by atoms with Crippen molar-refractivity contribution >= 4 is 34.6 Å². The van der Waals surface area contributed by atoms with Gasteiger partial charge in [-0.2, -0.15) is 5.10 Å². The second kappa shape index (κ2) is 9.28. The summed E-state index contributed by atoms with van der Waals surface area (Å²) in [5.74, 6) is 0.593. The first kappa shape index (κ1) is 21.7. The van der Waals surface area contributed by atoms with Gasteiger partial charge in [-0.25, -0.2) is 9.37 Å². The van der Waals surface area contributed by atoms with Crippen LogP contribution in [0.4, 0.5) is 9.52 Å². The number of aromatic nitrogens is 4. The SMILES string of the molecule is COc1ccc(-c2n[nH]c(=S)n2CC(=O)Nc2nc(-c3ccc(OC)c(F)c3)cs2)cc1. The summed E-state index contributed by atoms with van der Waals surface area (Å²) in [4.78, 5) is 17.0. The van der Waals surface area contributed by atoms with E-state index in [9.17, 15) is 9.18 Å². The fraction of sp³-hybridized carbons (Fsp3) is 0.143. The van der Waals surface area contributed by atoms with Crippen molar-refractivity contribution in [3.63, 3.8) is 0 Å². The van der Waals surface area contributed by atoms with E-state index in [4.69, 9.17) is 21.7 Å². The normalized spacial score (nSPS) is 10.7. The Hall–Kier alpha value is -3.57. The molecule has 0 bridgehead atoms. The van der Waals surface area contributed by atoms with Crippen molar-refractivity contribution in [3.05, 3.63) is 58.4 Å². The quantitative estimate of drug-likeness (QED) is 0.385. The zero-order valence-corrected chi connectivity index (χ0v) is 18.7. The van der Waals surface area contributed by atoms with E-state index in [1.54, 1.807) is 35.3 Å². The number of ether oxygens (including phenoxy) is 2. The fourth-order valence-corrected chi connectivity index (χ4v) is 3.95. The standard InChI is InChI=1S/C21H18FN5O3S2/c1-29-14-6-3-12(4-7-14)19-25-26-21(31)27(19)10-18(28)24-20-23-16(11-32-20)13-5-8-17(30-2)15(22)9-13/h3-9,11H,10H2,1-2H3,(H,26,31)(H,23,24,28). The first-order valence-corrected chi connectivity index (χ1v) is 10.7. The number of hydrogen-bond donors (Lipinski definition) is 2. The molecule has 1 amide bonds. The lowest BCUT2D eigenvalue weighted by atomic mass is 10.1. The highest BCUT2D eigenvalue weighted by molar-refractivity contribution is 7.71. The van der Waals surface area contributed by atoms with Crippen LogP contribution in [0.1, 0.15) is 0 Å². The third-order valence-corrected chi connectivity index (χ3v) is 5.68. The molecular formula is C21H18FN5O3S2. The van der Waals surface area contributed by atoms with Crippen LogP contribution < -0.4 is 14.8 Å². The van der Waals surface area contributed by atoms with Crippen LogP contribution in [-0.2, 0) is 11.3 Å². The summed E-state index contributed by atoms with van der Waals surface area (Å²) in [6.07, 6.45) is 0. The summed E-state index contributed by atoms with van der Waals surface area (Å²) in [6.45, 7) is -0.0528. The number of thiazole rings is 1. The maximum absolute atomic E-state index is 14.0. The van der Waals surface area contributed by atoms with E-state index in [-0.39, 0.29) is 18.2 Å². The Morgan fingerprint density at radius 2 is 1.94 bits per heavy atom. The number of nitrogens with zero attached hydrogens (tertiary/aromatic N) is 3. The maximum atomic E-state index is 14.0. The number of hydrogen-bond acceptors (Lipinski definition) is 7. The molecule has 0 atom stereocenters. The lowest BCUT2D eigenvalue weighted by Crippen LogP contribution is -2.19. The minimum atomic E-state index is -0.482. The molecule has 164 valence electrons. The zero-order valence-electron chi connectivity index (χ0n) is 17.1. The van der Waals surface area contributed by atoms with Crippen LogP contribution in [0, 0.1) is 10.6 Å². The first-order chi connectivity index (χ1) is 15.5. The van der Waals surface area contributed by atoms with Gasteiger partial charge in [0.2, 0.25) is 5.91 Å². The molecule has 0 fully saturated rings. The van der Waals surface area contributed by atoms with Gasteiger partial charge in [0.15, 0.2) is 27.3 Å². The van der Waals surface area contributed by atoms with Gasteiger partial charge < -0.3 is 14.8 Å². The third kappa shape index (κ3) is 4.53. The predicted octanol–water partition coefficient (Wildman–Crippen LogP) is 4.53. The summed E-state index contributed by atoms with van der Waals surface area (Å²) in [5, 5.41) is 11.8. The van der Waals surface area contributed by atoms with E-state index in [1.807, 2.05) is 12.1 Å². The van der Waals surface area contributed by atoms with Crippen LogP contribution in [0.2, 0.25) is 0 Å². The van der Waals surface area contributed by atoms with Gasteiger partial charge in [-0.05, 0) is 54.7 Å². The number of amides is 1. The van der Waals surface area contributed by atoms with Crippen molar-refractivity contribution < 1.29 is 18.7 Å². The molecule has 8 nitrogen and oxygen atoms in total. The highest BCUT2D eigenvalue weighted by Crippen LogP contribution is 2.28. The van der Waals surface area contributed by atoms with E-state index >= 15 is 0 Å². The zero-order chi connectivity index (χ0) is 22.7. The second-order valence-corrected chi connectivity index (χ2v) is 7.85. The largest absolute Gasteiger partial charge is 0.497 e. The molecule has 11 heteroatoms. The molecule has 0 spiro atoms. The minimum absolute atomic E-state index is 0.0528. The average Bonchev–Trinajstić information content (AvgIpc) is 3.41. The van der Waals surface area contributed by atoms with Crippen LogP contribution in [0.5, 0.6) is 11.5 Å². The third-order valence-electron chi connectivity index (χ3n) is 4.61. The number of benzene rings is 2. The number of anilines is 1. The van der Waals surface area contributed by atoms with Gasteiger partial charge in [-0.3, -0.25) is 14.5 Å². The highest BCUT2D eigenvalue weighted by atomic mass is 32.1. The Morgan fingerprint density at radius 3 is 2.62 bits per heavy atom. The van der Waals surface area contributed by atoms with Crippen LogP contribution in [0.25, 0.3) is 22.6 Å². The van der Waals surface area contributed by atoms with Crippen LogP contribution in [0.3, 0.4) is 0 Å². The van der Waals surface area contributed by atoms with Crippen molar-refractivity contribution in [2.24, 2.45) is 0 Å². The fourth-order valence-electron chi connectivity index (χ4n) is 3.02. The number of methoxy groups -OCH3 is 2. The molecule has 2 aromatic heterocycles. The Bertz CT molecular complexity index is 1310. The molecule has 0 aliphatic heterocycles. The molecule has 0 saturated carbocycles. The predicted molar refractivity (Wildman–Crippen MR) is 122 cm³/mol. The lowest BCUT2D eigenvalue weighted by Gasteiger charge is -2.07. The van der Waals surface area contributed by atoms with Gasteiger partial charge in [0.25, 0.3) is 0 Å². The number of H-pyrrole nitrogens is 1. The van der Waals surface area contributed by atoms with Crippen molar-refractivity contribution in [1.29, 1.82) is 0 Å². The van der Waals surface area contributed by atoms with Crippen LogP contribution in [0.15, 0.2) is 47.8 Å². The van der Waals surface area contributed by atoms with Crippen molar-refractivity contribution in [1.82, 2.24) is 19.7 Å². The molecule has 0 saturated heterocycles. The summed E-state index contributed by atoms with van der Waals surface area (Å²) >= 11 is 6.53. The lowest BCUT2D eigenvalue weighted by molar-refractivity contribution is -0.116. The molecular weight excluding hydrogens is 453 g/mol. The van der Waals surface area contributed by atoms with Gasteiger partial charge in [-0.15, -0.1) is 11.3 Å². The topological polar surface area (TPSA) is 94.1 Å². The van der Waals surface area contributed by atoms with Crippen molar-refractivity contribution in [2.75, 3.05) is 19.5 Å². The molecule has 0 aliphatic carbocycles. The van der Waals surface area contributed by atoms with E-state index < -0.39 is 5.82 Å². The van der Waals surface area contributed by atoms with E-state index in [0.717, 1.165) is 5.56 Å². The number of nitrogens with one attached hydrogen (secondary N) is 2. The summed E-state index contributed by atoms with van der Waals surface area (Å²) in [7, 11) is 2.99. The number of carbonyl (C=O) groups excluding carboxylic acids is 1. The Kier molecular flexibility index (Phi) is 6.28. The number of aromatic amines is 1. The van der Waals surface area contributed by atoms with Gasteiger partial charge in [0.1, 0.15) is 12.3 Å².